The average Bonchev–Trinajstić information content (AvgIpc) is 2.02. The summed E-state index contributed by atoms with van der Waals surface area (Å²) >= 11 is 0. The first-order valence-corrected chi connectivity index (χ1v) is 3.31. The van der Waals surface area contributed by atoms with Crippen LogP contribution in [0.3, 0.4) is 0 Å². The second-order valence-electron chi connectivity index (χ2n) is 2.08. The molecule has 0 spiro atoms. The molecule has 1 radical (unpaired) electrons. The minimum Gasteiger partial charge on any atom is -0.562 e. The molecule has 3 nitrogen and oxygen atoms in total. The summed E-state index contributed by atoms with van der Waals surface area (Å²) in [5.41, 5.74) is 0.634. The number of rotatable bonds is 0. The second kappa shape index (κ2) is 8.20. The van der Waals surface area contributed by atoms with Crippen molar-refractivity contribution in [1.82, 2.24) is 0 Å². The summed E-state index contributed by atoms with van der Waals surface area (Å²) in [6.07, 6.45) is 1.50. The molecule has 4 heteroatoms. The molecular weight excluding hydrogens is 245 g/mol. The molecule has 13 heavy (non-hydrogen) atoms. The molecule has 1 aromatic rings. The summed E-state index contributed by atoms with van der Waals surface area (Å²) in [5, 5.41) is 17.8. The van der Waals surface area contributed by atoms with Gasteiger partial charge in [-0.05, 0) is 0 Å². The topological polar surface area (TPSA) is 57.5 Å². The molecule has 1 rings (SSSR count). The van der Waals surface area contributed by atoms with E-state index in [0.717, 1.165) is 0 Å². The van der Waals surface area contributed by atoms with Gasteiger partial charge in [-0.1, -0.05) is 6.92 Å². The Kier molecular flexibility index (Phi) is 9.52. The van der Waals surface area contributed by atoms with Crippen LogP contribution in [0.25, 0.3) is 0 Å². The van der Waals surface area contributed by atoms with E-state index in [1.165, 1.54) is 19.3 Å². The van der Waals surface area contributed by atoms with Crippen LogP contribution in [0.2, 0.25) is 0 Å². The first kappa shape index (κ1) is 15.1. The van der Waals surface area contributed by atoms with Crippen LogP contribution < -0.4 is 0 Å². The van der Waals surface area contributed by atoms with E-state index in [2.05, 4.69) is 6.07 Å². The molecule has 0 atom stereocenters. The molecule has 69 valence electrons. The zero-order valence-electron chi connectivity index (χ0n) is 7.53. The minimum absolute atomic E-state index is 0. The Labute approximate surface area is 103 Å². The van der Waals surface area contributed by atoms with Gasteiger partial charge < -0.3 is 15.0 Å². The predicted molar refractivity (Wildman–Crippen MR) is 44.7 cm³/mol. The Bertz CT molecular complexity index is 241. The zero-order chi connectivity index (χ0) is 9.56. The van der Waals surface area contributed by atoms with Crippen LogP contribution >= 0.6 is 0 Å². The summed E-state index contributed by atoms with van der Waals surface area (Å²) in [4.78, 5) is 8.68. The van der Waals surface area contributed by atoms with Crippen molar-refractivity contribution < 1.29 is 47.7 Å². The fourth-order valence-corrected chi connectivity index (χ4v) is 0.584. The first-order valence-electron chi connectivity index (χ1n) is 3.31. The summed E-state index contributed by atoms with van der Waals surface area (Å²) in [6.45, 7) is 3.02. The van der Waals surface area contributed by atoms with Crippen LogP contribution in [0.4, 0.5) is 0 Å². The van der Waals surface area contributed by atoms with Crippen LogP contribution in [0.1, 0.15) is 12.5 Å². The fourth-order valence-electron chi connectivity index (χ4n) is 0.584. The van der Waals surface area contributed by atoms with Crippen LogP contribution in [0.5, 0.6) is 11.5 Å². The molecule has 0 saturated carbocycles. The van der Waals surface area contributed by atoms with Crippen LogP contribution in [0.15, 0.2) is 12.1 Å². The smallest absolute Gasteiger partial charge is 0.0513 e. The van der Waals surface area contributed by atoms with Gasteiger partial charge in [0.05, 0.1) is 5.75 Å². The summed E-state index contributed by atoms with van der Waals surface area (Å²) in [6, 6.07) is 5.59. The first-order chi connectivity index (χ1) is 5.63. The van der Waals surface area contributed by atoms with Crippen molar-refractivity contribution in [2.75, 3.05) is 0 Å². The van der Waals surface area contributed by atoms with Crippen LogP contribution in [-0.2, 0) is 37.5 Å². The Balaban J connectivity index is 0. The van der Waals surface area contributed by atoms with E-state index in [1.807, 2.05) is 0 Å². The van der Waals surface area contributed by atoms with E-state index >= 15 is 0 Å². The van der Waals surface area contributed by atoms with Crippen LogP contribution in [-0.4, -0.2) is 16.5 Å². The Morgan fingerprint density at radius 1 is 1.38 bits per heavy atom. The molecule has 0 unspecified atom stereocenters. The second-order valence-corrected chi connectivity index (χ2v) is 2.08. The van der Waals surface area contributed by atoms with E-state index in [9.17, 15) is 0 Å². The third-order valence-corrected chi connectivity index (χ3v) is 1.14. The molecule has 0 fully saturated rings. The molecule has 0 aromatic heterocycles. The maximum absolute atomic E-state index is 8.94. The monoisotopic (exact) mass is 255 g/mol. The van der Waals surface area contributed by atoms with Gasteiger partial charge in [0, 0.05) is 38.5 Å². The number of benzene rings is 1. The summed E-state index contributed by atoms with van der Waals surface area (Å²) in [5.74, 6) is -0.177. The molecule has 0 aliphatic rings. The van der Waals surface area contributed by atoms with Crippen molar-refractivity contribution >= 4 is 6.29 Å². The maximum atomic E-state index is 8.94. The molecule has 0 heterocycles. The number of carbonyl (C=O) groups excluding carboxylic acids is 1. The SMILES string of the molecule is C[C-]=O.Cc1c[c-]cc(O)c1O.[Y]. The van der Waals surface area contributed by atoms with Gasteiger partial charge in [-0.2, -0.15) is 19.1 Å². The van der Waals surface area contributed by atoms with Crippen molar-refractivity contribution in [1.29, 1.82) is 0 Å². The van der Waals surface area contributed by atoms with Crippen molar-refractivity contribution in [2.24, 2.45) is 0 Å². The molecule has 0 aliphatic heterocycles. The van der Waals surface area contributed by atoms with Gasteiger partial charge in [0.1, 0.15) is 0 Å². The van der Waals surface area contributed by atoms with Gasteiger partial charge >= 0.3 is 0 Å². The zero-order valence-corrected chi connectivity index (χ0v) is 10.4. The molecule has 0 amide bonds. The van der Waals surface area contributed by atoms with Gasteiger partial charge in [0.15, 0.2) is 0 Å². The van der Waals surface area contributed by atoms with Gasteiger partial charge in [-0.15, -0.1) is 11.6 Å². The van der Waals surface area contributed by atoms with E-state index in [1.54, 1.807) is 13.0 Å². The van der Waals surface area contributed by atoms with Gasteiger partial charge in [-0.3, -0.25) is 6.29 Å². The molecule has 0 aliphatic carbocycles. The molecule has 2 N–H and O–H groups in total. The number of aryl methyl sites for hydroxylation is 1. The minimum atomic E-state index is -0.116. The number of aromatic hydroxyl groups is 2. The number of phenolic OH excluding ortho intramolecular Hbond substituents is 2. The Morgan fingerprint density at radius 3 is 2.15 bits per heavy atom. The quantitative estimate of drug-likeness (QED) is 0.543. The Morgan fingerprint density at radius 2 is 1.85 bits per heavy atom. The Hall–Kier alpha value is -0.406. The van der Waals surface area contributed by atoms with Gasteiger partial charge in [-0.25, -0.2) is 0 Å². The van der Waals surface area contributed by atoms with Gasteiger partial charge in [0.2, 0.25) is 0 Å². The van der Waals surface area contributed by atoms with Crippen molar-refractivity contribution in [3.8, 4) is 11.5 Å². The van der Waals surface area contributed by atoms with Gasteiger partial charge in [0.25, 0.3) is 0 Å². The standard InChI is InChI=1S/C7H7O2.C2H3O.Y/c1-5-3-2-4-6(8)7(5)9;1-2-3;/h3-4,8-9H,1H3;1H3;/q2*-1;. The third kappa shape index (κ3) is 5.77. The fraction of sp³-hybridized carbons (Fsp3) is 0.222. The summed E-state index contributed by atoms with van der Waals surface area (Å²) in [7, 11) is 0. The average molecular weight is 255 g/mol. The maximum Gasteiger partial charge on any atom is 0.0513 e. The van der Waals surface area contributed by atoms with E-state index < -0.39 is 0 Å². The molecule has 0 saturated heterocycles. The molecular formula is C9H10O3Y-2. The number of hydrogen-bond acceptors (Lipinski definition) is 3. The van der Waals surface area contributed by atoms with E-state index in [4.69, 9.17) is 15.0 Å². The molecule has 0 bridgehead atoms. The number of hydrogen-bond donors (Lipinski definition) is 2. The van der Waals surface area contributed by atoms with Crippen molar-refractivity contribution in [2.45, 2.75) is 13.8 Å². The van der Waals surface area contributed by atoms with Crippen LogP contribution in [0, 0.1) is 13.0 Å². The van der Waals surface area contributed by atoms with E-state index in [0.29, 0.717) is 5.56 Å². The summed E-state index contributed by atoms with van der Waals surface area (Å²) < 4.78 is 0. The number of phenols is 2. The van der Waals surface area contributed by atoms with E-state index in [-0.39, 0.29) is 44.2 Å². The van der Waals surface area contributed by atoms with Crippen molar-refractivity contribution in [3.63, 3.8) is 0 Å². The molecule has 1 aromatic carbocycles. The normalized spacial score (nSPS) is 7.54. The third-order valence-electron chi connectivity index (χ3n) is 1.14. The predicted octanol–water partition coefficient (Wildman–Crippen LogP) is 1.32. The largest absolute Gasteiger partial charge is 0.562 e. The van der Waals surface area contributed by atoms with Crippen molar-refractivity contribution in [3.05, 3.63) is 23.8 Å².